The number of carbonyl (C=O) groups excluding carboxylic acids is 1. The van der Waals surface area contributed by atoms with Crippen molar-refractivity contribution < 1.29 is 22.5 Å². The van der Waals surface area contributed by atoms with E-state index >= 15 is 0 Å². The van der Waals surface area contributed by atoms with Crippen molar-refractivity contribution in [2.75, 3.05) is 12.9 Å². The van der Waals surface area contributed by atoms with Gasteiger partial charge in [-0.2, -0.15) is 8.42 Å². The largest absolute Gasteiger partial charge is 0.464 e. The SMILES string of the molecule is CCCCC(CC)COC(=O)C(C)N.CS(=O)(=O)O. The lowest BCUT2D eigenvalue weighted by Crippen LogP contribution is -2.30. The quantitative estimate of drug-likeness (QED) is 0.546. The highest BCUT2D eigenvalue weighted by Gasteiger charge is 2.12. The molecule has 0 bridgehead atoms. The first kappa shape index (κ1) is 20.7. The minimum absolute atomic E-state index is 0.292. The number of nitrogens with two attached hydrogens (primary N) is 1. The van der Waals surface area contributed by atoms with Crippen LogP contribution in [0.25, 0.3) is 0 Å². The van der Waals surface area contributed by atoms with Crippen LogP contribution in [0.5, 0.6) is 0 Å². The first-order valence-electron chi connectivity index (χ1n) is 6.46. The van der Waals surface area contributed by atoms with E-state index in [-0.39, 0.29) is 5.97 Å². The summed E-state index contributed by atoms with van der Waals surface area (Å²) in [5.74, 6) is 0.206. The summed E-state index contributed by atoms with van der Waals surface area (Å²) >= 11 is 0. The maximum absolute atomic E-state index is 11.1. The van der Waals surface area contributed by atoms with Crippen LogP contribution in [0.4, 0.5) is 0 Å². The van der Waals surface area contributed by atoms with E-state index in [4.69, 9.17) is 15.0 Å². The zero-order valence-electron chi connectivity index (χ0n) is 12.3. The Morgan fingerprint density at radius 3 is 2.16 bits per heavy atom. The van der Waals surface area contributed by atoms with Gasteiger partial charge in [0.2, 0.25) is 0 Å². The van der Waals surface area contributed by atoms with Crippen LogP contribution in [-0.4, -0.2) is 37.8 Å². The molecule has 19 heavy (non-hydrogen) atoms. The fourth-order valence-corrected chi connectivity index (χ4v) is 1.23. The number of esters is 1. The molecular weight excluding hydrogens is 270 g/mol. The van der Waals surface area contributed by atoms with Crippen molar-refractivity contribution in [2.24, 2.45) is 11.7 Å². The van der Waals surface area contributed by atoms with Gasteiger partial charge in [-0.1, -0.05) is 33.1 Å². The topological polar surface area (TPSA) is 107 Å². The van der Waals surface area contributed by atoms with E-state index < -0.39 is 16.2 Å². The summed E-state index contributed by atoms with van der Waals surface area (Å²) in [6.45, 7) is 6.47. The van der Waals surface area contributed by atoms with Crippen LogP contribution in [0.3, 0.4) is 0 Å². The van der Waals surface area contributed by atoms with E-state index in [1.54, 1.807) is 6.92 Å². The minimum atomic E-state index is -3.67. The van der Waals surface area contributed by atoms with E-state index in [1.807, 2.05) is 0 Å². The Morgan fingerprint density at radius 1 is 1.37 bits per heavy atom. The van der Waals surface area contributed by atoms with Crippen molar-refractivity contribution >= 4 is 16.1 Å². The van der Waals surface area contributed by atoms with Gasteiger partial charge in [0.1, 0.15) is 6.04 Å². The number of rotatable bonds is 7. The fraction of sp³-hybridized carbons (Fsp3) is 0.917. The second kappa shape index (κ2) is 11.2. The van der Waals surface area contributed by atoms with Crippen molar-refractivity contribution in [1.29, 1.82) is 0 Å². The van der Waals surface area contributed by atoms with Crippen molar-refractivity contribution in [3.05, 3.63) is 0 Å². The van der Waals surface area contributed by atoms with Crippen LogP contribution in [0.15, 0.2) is 0 Å². The highest BCUT2D eigenvalue weighted by Crippen LogP contribution is 2.12. The number of carbonyl (C=O) groups is 1. The Balaban J connectivity index is 0. The summed E-state index contributed by atoms with van der Waals surface area (Å²) in [4.78, 5) is 11.1. The monoisotopic (exact) mass is 297 g/mol. The Labute approximate surface area is 116 Å². The van der Waals surface area contributed by atoms with Crippen molar-refractivity contribution in [2.45, 2.75) is 52.5 Å². The van der Waals surface area contributed by atoms with Gasteiger partial charge in [-0.15, -0.1) is 0 Å². The highest BCUT2D eigenvalue weighted by molar-refractivity contribution is 7.85. The zero-order chi connectivity index (χ0) is 15.5. The summed E-state index contributed by atoms with van der Waals surface area (Å²) in [7, 11) is -3.67. The first-order valence-corrected chi connectivity index (χ1v) is 8.31. The second-order valence-corrected chi connectivity index (χ2v) is 6.03. The molecule has 0 heterocycles. The van der Waals surface area contributed by atoms with Crippen molar-refractivity contribution in [1.82, 2.24) is 0 Å². The number of hydrogen-bond acceptors (Lipinski definition) is 5. The summed E-state index contributed by atoms with van der Waals surface area (Å²) in [5, 5.41) is 0. The third kappa shape index (κ3) is 19.8. The lowest BCUT2D eigenvalue weighted by atomic mass is 10.0. The van der Waals surface area contributed by atoms with Crippen LogP contribution in [0.1, 0.15) is 46.5 Å². The van der Waals surface area contributed by atoms with E-state index in [0.29, 0.717) is 18.8 Å². The second-order valence-electron chi connectivity index (χ2n) is 4.57. The molecule has 0 aromatic carbocycles. The van der Waals surface area contributed by atoms with Gasteiger partial charge in [-0.05, 0) is 19.3 Å². The van der Waals surface area contributed by atoms with Gasteiger partial charge >= 0.3 is 5.97 Å². The molecule has 0 radical (unpaired) electrons. The molecule has 6 nitrogen and oxygen atoms in total. The van der Waals surface area contributed by atoms with E-state index in [9.17, 15) is 13.2 Å². The fourth-order valence-electron chi connectivity index (χ4n) is 1.23. The normalized spacial score (nSPS) is 14.0. The number of hydrogen-bond donors (Lipinski definition) is 2. The van der Waals surface area contributed by atoms with E-state index in [1.165, 1.54) is 12.8 Å². The highest BCUT2D eigenvalue weighted by atomic mass is 32.2. The Kier molecular flexibility index (Phi) is 12.2. The molecule has 2 unspecified atom stereocenters. The Morgan fingerprint density at radius 2 is 1.84 bits per heavy atom. The van der Waals surface area contributed by atoms with Crippen LogP contribution >= 0.6 is 0 Å². The molecule has 0 rings (SSSR count). The van der Waals surface area contributed by atoms with Crippen molar-refractivity contribution in [3.8, 4) is 0 Å². The Bertz CT molecular complexity index is 319. The van der Waals surface area contributed by atoms with Gasteiger partial charge in [0.15, 0.2) is 0 Å². The van der Waals surface area contributed by atoms with E-state index in [2.05, 4.69) is 13.8 Å². The maximum Gasteiger partial charge on any atom is 0.322 e. The zero-order valence-corrected chi connectivity index (χ0v) is 13.1. The van der Waals surface area contributed by atoms with Crippen LogP contribution < -0.4 is 5.73 Å². The maximum atomic E-state index is 11.1. The molecule has 0 aromatic heterocycles. The Hall–Kier alpha value is -0.660. The smallest absolute Gasteiger partial charge is 0.322 e. The third-order valence-corrected chi connectivity index (χ3v) is 2.38. The molecule has 0 aromatic rings. The molecule has 0 amide bonds. The molecule has 3 N–H and O–H groups in total. The first-order chi connectivity index (χ1) is 8.61. The summed E-state index contributed by atoms with van der Waals surface area (Å²) in [6, 6.07) is -0.501. The number of ether oxygens (including phenoxy) is 1. The molecular formula is C12H27NO5S. The predicted molar refractivity (Wildman–Crippen MR) is 75.4 cm³/mol. The van der Waals surface area contributed by atoms with E-state index in [0.717, 1.165) is 12.8 Å². The molecule has 0 saturated heterocycles. The van der Waals surface area contributed by atoms with Crippen LogP contribution in [-0.2, 0) is 19.6 Å². The molecule has 0 aliphatic carbocycles. The van der Waals surface area contributed by atoms with Gasteiger partial charge < -0.3 is 10.5 Å². The van der Waals surface area contributed by atoms with Crippen molar-refractivity contribution in [3.63, 3.8) is 0 Å². The van der Waals surface area contributed by atoms with Gasteiger partial charge in [0.05, 0.1) is 12.9 Å². The molecule has 116 valence electrons. The average Bonchev–Trinajstić information content (AvgIpc) is 2.26. The summed E-state index contributed by atoms with van der Waals surface area (Å²) in [6.07, 6.45) is 5.31. The van der Waals surface area contributed by atoms with Gasteiger partial charge in [0.25, 0.3) is 10.1 Å². The lowest BCUT2D eigenvalue weighted by molar-refractivity contribution is -0.146. The lowest BCUT2D eigenvalue weighted by Gasteiger charge is -2.15. The standard InChI is InChI=1S/C11H23NO2.CH4O3S/c1-4-6-7-10(5-2)8-14-11(13)9(3)12;1-5(2,3)4/h9-10H,4-8,12H2,1-3H3;1H3,(H,2,3,4). The molecule has 0 aliphatic rings. The average molecular weight is 297 g/mol. The molecule has 0 fully saturated rings. The summed E-state index contributed by atoms with van der Waals surface area (Å²) < 4.78 is 31.0. The molecule has 7 heteroatoms. The van der Waals surface area contributed by atoms with Crippen LogP contribution in [0.2, 0.25) is 0 Å². The van der Waals surface area contributed by atoms with Crippen LogP contribution in [0, 0.1) is 5.92 Å². The molecule has 0 spiro atoms. The minimum Gasteiger partial charge on any atom is -0.464 e. The number of unbranched alkanes of at least 4 members (excludes halogenated alkanes) is 1. The summed E-state index contributed by atoms with van der Waals surface area (Å²) in [5.41, 5.74) is 5.39. The molecule has 2 atom stereocenters. The van der Waals surface area contributed by atoms with Gasteiger partial charge in [-0.3, -0.25) is 9.35 Å². The molecule has 0 saturated carbocycles. The third-order valence-electron chi connectivity index (χ3n) is 2.38. The van der Waals surface area contributed by atoms with Gasteiger partial charge in [0, 0.05) is 0 Å². The predicted octanol–water partition coefficient (Wildman–Crippen LogP) is 1.60. The molecule has 0 aliphatic heterocycles. The van der Waals surface area contributed by atoms with Gasteiger partial charge in [-0.25, -0.2) is 0 Å².